The number of amidine groups is 1. The van der Waals surface area contributed by atoms with Gasteiger partial charge in [0.25, 0.3) is 0 Å². The summed E-state index contributed by atoms with van der Waals surface area (Å²) in [6.07, 6.45) is 0. The Morgan fingerprint density at radius 1 is 1.50 bits per heavy atom. The monoisotopic (exact) mass is 223 g/mol. The number of anilines is 1. The third kappa shape index (κ3) is 2.00. The van der Waals surface area contributed by atoms with Crippen molar-refractivity contribution in [1.82, 2.24) is 15.2 Å². The van der Waals surface area contributed by atoms with Crippen molar-refractivity contribution in [1.29, 1.82) is 0 Å². The minimum atomic E-state index is 0.268. The fourth-order valence-corrected chi connectivity index (χ4v) is 1.90. The van der Waals surface area contributed by atoms with E-state index < -0.39 is 0 Å². The first kappa shape index (κ1) is 10.9. The lowest BCUT2D eigenvalue weighted by molar-refractivity contribution is 0.306. The van der Waals surface area contributed by atoms with Crippen LogP contribution in [0.5, 0.6) is 0 Å². The van der Waals surface area contributed by atoms with Gasteiger partial charge in [0.2, 0.25) is 0 Å². The fourth-order valence-electron chi connectivity index (χ4n) is 1.90. The Balaban J connectivity index is 2.24. The summed E-state index contributed by atoms with van der Waals surface area (Å²) < 4.78 is 4.61. The van der Waals surface area contributed by atoms with Gasteiger partial charge < -0.3 is 10.6 Å². The molecule has 0 spiro atoms. The van der Waals surface area contributed by atoms with Crippen LogP contribution in [0.4, 0.5) is 5.82 Å². The van der Waals surface area contributed by atoms with Crippen molar-refractivity contribution in [3.8, 4) is 0 Å². The van der Waals surface area contributed by atoms with Crippen molar-refractivity contribution >= 4 is 11.7 Å². The van der Waals surface area contributed by atoms with Crippen LogP contribution in [0.2, 0.25) is 0 Å². The van der Waals surface area contributed by atoms with Gasteiger partial charge in [0.15, 0.2) is 17.3 Å². The second kappa shape index (κ2) is 4.11. The van der Waals surface area contributed by atoms with Gasteiger partial charge in [0.1, 0.15) is 0 Å². The van der Waals surface area contributed by atoms with Crippen LogP contribution in [0.25, 0.3) is 0 Å². The summed E-state index contributed by atoms with van der Waals surface area (Å²) in [6, 6.07) is 0.268. The maximum Gasteiger partial charge on any atom is 0.199 e. The lowest BCUT2D eigenvalue weighted by atomic mass is 10.2. The number of hydrogen-bond acceptors (Lipinski definition) is 6. The molecule has 6 heteroatoms. The molecule has 1 aliphatic rings. The third-order valence-corrected chi connectivity index (χ3v) is 2.44. The highest BCUT2D eigenvalue weighted by Gasteiger charge is 2.28. The predicted octanol–water partition coefficient (Wildman–Crippen LogP) is 0.758. The molecule has 1 unspecified atom stereocenters. The Bertz CT molecular complexity index is 398. The molecule has 6 nitrogen and oxygen atoms in total. The largest absolute Gasteiger partial charge is 0.379 e. The molecule has 2 rings (SSSR count). The number of aliphatic imine (C=N–C) groups is 1. The summed E-state index contributed by atoms with van der Waals surface area (Å²) in [5, 5.41) is 7.39. The minimum Gasteiger partial charge on any atom is -0.379 e. The Hall–Kier alpha value is -1.59. The molecule has 2 N–H and O–H groups in total. The van der Waals surface area contributed by atoms with Crippen LogP contribution in [0, 0.1) is 5.92 Å². The number of rotatable bonds is 3. The predicted molar refractivity (Wildman–Crippen MR) is 61.1 cm³/mol. The van der Waals surface area contributed by atoms with Gasteiger partial charge in [-0.2, -0.15) is 0 Å². The molecule has 1 aromatic heterocycles. The molecule has 16 heavy (non-hydrogen) atoms. The van der Waals surface area contributed by atoms with E-state index >= 15 is 0 Å². The first-order chi connectivity index (χ1) is 7.58. The Labute approximate surface area is 94.5 Å². The van der Waals surface area contributed by atoms with E-state index in [-0.39, 0.29) is 6.04 Å². The van der Waals surface area contributed by atoms with Crippen molar-refractivity contribution in [3.63, 3.8) is 0 Å². The van der Waals surface area contributed by atoms with E-state index in [1.54, 1.807) is 0 Å². The fraction of sp³-hybridized carbons (Fsp3) is 0.700. The summed E-state index contributed by atoms with van der Waals surface area (Å²) in [5.41, 5.74) is 6.24. The van der Waals surface area contributed by atoms with Gasteiger partial charge in [0.05, 0.1) is 6.04 Å². The van der Waals surface area contributed by atoms with Crippen molar-refractivity contribution in [3.05, 3.63) is 5.69 Å². The number of hydrogen-bond donors (Lipinski definition) is 1. The summed E-state index contributed by atoms with van der Waals surface area (Å²) in [5.74, 6) is 1.68. The molecule has 0 aromatic carbocycles. The SMILES string of the molecule is CC(C)CN1CC(C)N=C1c1nonc1N. The van der Waals surface area contributed by atoms with Gasteiger partial charge in [-0.1, -0.05) is 13.8 Å². The molecule has 0 amide bonds. The molecule has 2 heterocycles. The topological polar surface area (TPSA) is 80.5 Å². The van der Waals surface area contributed by atoms with Crippen LogP contribution in [-0.4, -0.2) is 40.2 Å². The molecule has 0 bridgehead atoms. The molecule has 1 atom stereocenters. The van der Waals surface area contributed by atoms with Gasteiger partial charge in [-0.05, 0) is 23.2 Å². The molecule has 0 saturated carbocycles. The molecule has 1 aliphatic heterocycles. The third-order valence-electron chi connectivity index (χ3n) is 2.44. The van der Waals surface area contributed by atoms with Crippen LogP contribution in [-0.2, 0) is 0 Å². The highest BCUT2D eigenvalue weighted by atomic mass is 16.6. The summed E-state index contributed by atoms with van der Waals surface area (Å²) >= 11 is 0. The highest BCUT2D eigenvalue weighted by Crippen LogP contribution is 2.18. The Morgan fingerprint density at radius 3 is 2.81 bits per heavy atom. The first-order valence-electron chi connectivity index (χ1n) is 5.49. The Morgan fingerprint density at radius 2 is 2.25 bits per heavy atom. The summed E-state index contributed by atoms with van der Waals surface area (Å²) in [4.78, 5) is 6.71. The van der Waals surface area contributed by atoms with Crippen molar-refractivity contribution < 1.29 is 4.63 Å². The minimum absolute atomic E-state index is 0.268. The molecule has 0 fully saturated rings. The summed E-state index contributed by atoms with van der Waals surface area (Å²) in [6.45, 7) is 8.26. The molecule has 0 saturated heterocycles. The number of nitrogens with zero attached hydrogens (tertiary/aromatic N) is 4. The number of nitrogen functional groups attached to an aromatic ring is 1. The zero-order valence-corrected chi connectivity index (χ0v) is 9.84. The number of aromatic nitrogens is 2. The van der Waals surface area contributed by atoms with Crippen molar-refractivity contribution in [2.75, 3.05) is 18.8 Å². The second-order valence-corrected chi connectivity index (χ2v) is 4.60. The molecule has 0 aliphatic carbocycles. The van der Waals surface area contributed by atoms with E-state index in [1.807, 2.05) is 0 Å². The first-order valence-corrected chi connectivity index (χ1v) is 5.49. The zero-order valence-electron chi connectivity index (χ0n) is 9.84. The molecular weight excluding hydrogens is 206 g/mol. The molecule has 0 radical (unpaired) electrons. The van der Waals surface area contributed by atoms with Gasteiger partial charge in [-0.15, -0.1) is 0 Å². The molecular formula is C10H17N5O. The average molecular weight is 223 g/mol. The molecule has 88 valence electrons. The smallest absolute Gasteiger partial charge is 0.199 e. The standard InChI is InChI=1S/C10H17N5O/c1-6(2)4-15-5-7(3)12-10(15)8-9(11)14-16-13-8/h6-7H,4-5H2,1-3H3,(H2,11,14). The van der Waals surface area contributed by atoms with E-state index in [4.69, 9.17) is 5.73 Å². The van der Waals surface area contributed by atoms with Gasteiger partial charge in [0, 0.05) is 13.1 Å². The van der Waals surface area contributed by atoms with Crippen molar-refractivity contribution in [2.45, 2.75) is 26.8 Å². The van der Waals surface area contributed by atoms with Gasteiger partial charge in [-0.3, -0.25) is 4.99 Å². The van der Waals surface area contributed by atoms with Crippen LogP contribution < -0.4 is 5.73 Å². The summed E-state index contributed by atoms with van der Waals surface area (Å²) in [7, 11) is 0. The lowest BCUT2D eigenvalue weighted by Gasteiger charge is -2.21. The van der Waals surface area contributed by atoms with Gasteiger partial charge >= 0.3 is 0 Å². The maximum absolute atomic E-state index is 5.68. The van der Waals surface area contributed by atoms with E-state index in [0.717, 1.165) is 18.9 Å². The van der Waals surface area contributed by atoms with Crippen LogP contribution in [0.3, 0.4) is 0 Å². The number of nitrogens with two attached hydrogens (primary N) is 1. The Kier molecular flexibility index (Phi) is 2.80. The van der Waals surface area contributed by atoms with E-state index in [2.05, 4.69) is 45.6 Å². The van der Waals surface area contributed by atoms with Gasteiger partial charge in [-0.25, -0.2) is 4.63 Å². The normalized spacial score (nSPS) is 20.6. The lowest BCUT2D eigenvalue weighted by Crippen LogP contribution is -2.33. The maximum atomic E-state index is 5.68. The van der Waals surface area contributed by atoms with Crippen molar-refractivity contribution in [2.24, 2.45) is 10.9 Å². The average Bonchev–Trinajstić information content (AvgIpc) is 2.71. The quantitative estimate of drug-likeness (QED) is 0.818. The van der Waals surface area contributed by atoms with Crippen LogP contribution in [0.15, 0.2) is 9.62 Å². The van der Waals surface area contributed by atoms with E-state index in [9.17, 15) is 0 Å². The van der Waals surface area contributed by atoms with E-state index in [1.165, 1.54) is 0 Å². The van der Waals surface area contributed by atoms with E-state index in [0.29, 0.717) is 17.4 Å². The zero-order chi connectivity index (χ0) is 11.7. The van der Waals surface area contributed by atoms with Crippen LogP contribution >= 0.6 is 0 Å². The van der Waals surface area contributed by atoms with Crippen LogP contribution in [0.1, 0.15) is 26.5 Å². The molecule has 1 aromatic rings. The highest BCUT2D eigenvalue weighted by molar-refractivity contribution is 6.01. The second-order valence-electron chi connectivity index (χ2n) is 4.60.